The number of carbonyl (C=O) groups excluding carboxylic acids is 1. The Hall–Kier alpha value is -1.93. The van der Waals surface area contributed by atoms with E-state index in [1.807, 2.05) is 4.72 Å². The molecule has 0 aliphatic carbocycles. The molecule has 0 fully saturated rings. The van der Waals surface area contributed by atoms with Crippen molar-refractivity contribution in [3.8, 4) is 0 Å². The van der Waals surface area contributed by atoms with Gasteiger partial charge in [-0.25, -0.2) is 13.2 Å². The lowest BCUT2D eigenvalue weighted by Crippen LogP contribution is -2.29. The topological polar surface area (TPSA) is 110 Å². The summed E-state index contributed by atoms with van der Waals surface area (Å²) in [6.45, 7) is 4.28. The smallest absolute Gasteiger partial charge is 0.338 e. The zero-order valence-electron chi connectivity index (χ0n) is 11.9. The van der Waals surface area contributed by atoms with Crippen LogP contribution in [0, 0.1) is 6.92 Å². The Bertz CT molecular complexity index is 651. The van der Waals surface area contributed by atoms with Gasteiger partial charge in [-0.05, 0) is 38.5 Å². The van der Waals surface area contributed by atoms with Crippen LogP contribution in [0.2, 0.25) is 0 Å². The number of benzene rings is 1. The summed E-state index contributed by atoms with van der Waals surface area (Å²) in [6.07, 6.45) is -0.331. The number of hydrogen-bond acceptors (Lipinski definition) is 5. The normalized spacial score (nSPS) is 11.4. The van der Waals surface area contributed by atoms with Crippen molar-refractivity contribution in [1.82, 2.24) is 4.72 Å². The average Bonchev–Trinajstić information content (AvgIpc) is 2.35. The van der Waals surface area contributed by atoms with E-state index >= 15 is 0 Å². The standard InChI is InChI=1S/C13H17NO6S/c1-8(2)20-13(17)11-6-10(5-4-9(11)3)21(18,19)14-7-12(15)16/h4-6,8,14H,7H2,1-3H3,(H,15,16). The number of hydrogen-bond donors (Lipinski definition) is 2. The van der Waals surface area contributed by atoms with Gasteiger partial charge in [-0.15, -0.1) is 0 Å². The maximum Gasteiger partial charge on any atom is 0.338 e. The van der Waals surface area contributed by atoms with Gasteiger partial charge in [-0.2, -0.15) is 4.72 Å². The van der Waals surface area contributed by atoms with Gasteiger partial charge in [0.25, 0.3) is 0 Å². The molecule has 21 heavy (non-hydrogen) atoms. The zero-order chi connectivity index (χ0) is 16.2. The molecule has 0 atom stereocenters. The van der Waals surface area contributed by atoms with Gasteiger partial charge in [0.1, 0.15) is 6.54 Å². The predicted octanol–water partition coefficient (Wildman–Crippen LogP) is 0.923. The minimum atomic E-state index is -4.00. The fourth-order valence-electron chi connectivity index (χ4n) is 1.51. The maximum absolute atomic E-state index is 11.9. The molecule has 0 aromatic heterocycles. The second-order valence-corrected chi connectivity index (χ2v) is 6.42. The van der Waals surface area contributed by atoms with Crippen LogP contribution < -0.4 is 4.72 Å². The van der Waals surface area contributed by atoms with Crippen LogP contribution >= 0.6 is 0 Å². The number of nitrogens with one attached hydrogen (secondary N) is 1. The molecule has 0 unspecified atom stereocenters. The van der Waals surface area contributed by atoms with E-state index in [0.717, 1.165) is 0 Å². The molecule has 2 N–H and O–H groups in total. The molecule has 0 bridgehead atoms. The molecular formula is C13H17NO6S. The molecule has 0 amide bonds. The van der Waals surface area contributed by atoms with Crippen molar-refractivity contribution in [2.45, 2.75) is 31.8 Å². The number of carboxylic acid groups (broad SMARTS) is 1. The van der Waals surface area contributed by atoms with Gasteiger partial charge in [0, 0.05) is 0 Å². The highest BCUT2D eigenvalue weighted by atomic mass is 32.2. The molecule has 8 heteroatoms. The number of rotatable bonds is 6. The Morgan fingerprint density at radius 3 is 2.48 bits per heavy atom. The van der Waals surface area contributed by atoms with Crippen LogP contribution in [0.3, 0.4) is 0 Å². The van der Waals surface area contributed by atoms with Gasteiger partial charge < -0.3 is 9.84 Å². The van der Waals surface area contributed by atoms with Gasteiger partial charge >= 0.3 is 11.9 Å². The molecule has 116 valence electrons. The molecule has 0 radical (unpaired) electrons. The quantitative estimate of drug-likeness (QED) is 0.756. The molecule has 1 rings (SSSR count). The van der Waals surface area contributed by atoms with Crippen LogP contribution in [-0.2, 0) is 19.6 Å². The number of sulfonamides is 1. The van der Waals surface area contributed by atoms with Crippen LogP contribution in [0.4, 0.5) is 0 Å². The van der Waals surface area contributed by atoms with Crippen molar-refractivity contribution in [2.75, 3.05) is 6.54 Å². The third-order valence-corrected chi connectivity index (χ3v) is 3.89. The lowest BCUT2D eigenvalue weighted by atomic mass is 10.1. The number of aryl methyl sites for hydroxylation is 1. The van der Waals surface area contributed by atoms with Gasteiger partial charge in [0.2, 0.25) is 10.0 Å². The first-order valence-corrected chi connectivity index (χ1v) is 7.65. The average molecular weight is 315 g/mol. The Balaban J connectivity index is 3.11. The number of carboxylic acids is 1. The largest absolute Gasteiger partial charge is 0.480 e. The summed E-state index contributed by atoms with van der Waals surface area (Å²) < 4.78 is 30.8. The first-order valence-electron chi connectivity index (χ1n) is 6.16. The predicted molar refractivity (Wildman–Crippen MR) is 74.6 cm³/mol. The SMILES string of the molecule is Cc1ccc(S(=O)(=O)NCC(=O)O)cc1C(=O)OC(C)C. The van der Waals surface area contributed by atoms with Gasteiger partial charge in [-0.3, -0.25) is 4.79 Å². The Morgan fingerprint density at radius 1 is 1.33 bits per heavy atom. The first kappa shape index (κ1) is 17.1. The molecule has 7 nitrogen and oxygen atoms in total. The van der Waals surface area contributed by atoms with Crippen molar-refractivity contribution in [2.24, 2.45) is 0 Å². The lowest BCUT2D eigenvalue weighted by Gasteiger charge is -2.11. The minimum absolute atomic E-state index is 0.127. The van der Waals surface area contributed by atoms with Crippen LogP contribution in [0.25, 0.3) is 0 Å². The van der Waals surface area contributed by atoms with E-state index in [9.17, 15) is 18.0 Å². The highest BCUT2D eigenvalue weighted by Crippen LogP contribution is 2.17. The molecule has 0 aliphatic heterocycles. The number of aliphatic carboxylic acids is 1. The Morgan fingerprint density at radius 2 is 1.95 bits per heavy atom. The fourth-order valence-corrected chi connectivity index (χ4v) is 2.51. The second kappa shape index (κ2) is 6.68. The zero-order valence-corrected chi connectivity index (χ0v) is 12.7. The summed E-state index contributed by atoms with van der Waals surface area (Å²) in [4.78, 5) is 22.1. The minimum Gasteiger partial charge on any atom is -0.480 e. The number of ether oxygens (including phenoxy) is 1. The van der Waals surface area contributed by atoms with Gasteiger partial charge in [-0.1, -0.05) is 6.07 Å². The van der Waals surface area contributed by atoms with Crippen LogP contribution in [-0.4, -0.2) is 38.1 Å². The van der Waals surface area contributed by atoms with E-state index in [4.69, 9.17) is 9.84 Å². The molecule has 0 spiro atoms. The molecule has 1 aromatic carbocycles. The van der Waals surface area contributed by atoms with Gasteiger partial charge in [0.15, 0.2) is 0 Å². The summed E-state index contributed by atoms with van der Waals surface area (Å²) in [5.41, 5.74) is 0.694. The summed E-state index contributed by atoms with van der Waals surface area (Å²) in [5, 5.41) is 8.51. The van der Waals surface area contributed by atoms with E-state index in [0.29, 0.717) is 5.56 Å². The van der Waals surface area contributed by atoms with E-state index < -0.39 is 28.5 Å². The summed E-state index contributed by atoms with van der Waals surface area (Å²) in [7, 11) is -4.00. The van der Waals surface area contributed by atoms with Crippen LogP contribution in [0.15, 0.2) is 23.1 Å². The lowest BCUT2D eigenvalue weighted by molar-refractivity contribution is -0.135. The molecule has 0 saturated carbocycles. The highest BCUT2D eigenvalue weighted by Gasteiger charge is 2.19. The monoisotopic (exact) mass is 315 g/mol. The van der Waals surface area contributed by atoms with Crippen LogP contribution in [0.5, 0.6) is 0 Å². The van der Waals surface area contributed by atoms with Crippen molar-refractivity contribution in [3.63, 3.8) is 0 Å². The van der Waals surface area contributed by atoms with Crippen LogP contribution in [0.1, 0.15) is 29.8 Å². The summed E-state index contributed by atoms with van der Waals surface area (Å²) in [5.74, 6) is -1.93. The van der Waals surface area contributed by atoms with E-state index in [2.05, 4.69) is 0 Å². The van der Waals surface area contributed by atoms with Crippen molar-refractivity contribution >= 4 is 22.0 Å². The molecule has 0 saturated heterocycles. The number of esters is 1. The Labute approximate surface area is 123 Å². The van der Waals surface area contributed by atoms with E-state index in [1.54, 1.807) is 20.8 Å². The molecule has 1 aromatic rings. The highest BCUT2D eigenvalue weighted by molar-refractivity contribution is 7.89. The number of carbonyl (C=O) groups is 2. The van der Waals surface area contributed by atoms with E-state index in [1.165, 1.54) is 18.2 Å². The maximum atomic E-state index is 11.9. The van der Waals surface area contributed by atoms with E-state index in [-0.39, 0.29) is 16.6 Å². The second-order valence-electron chi connectivity index (χ2n) is 4.65. The summed E-state index contributed by atoms with van der Waals surface area (Å²) >= 11 is 0. The van der Waals surface area contributed by atoms with Crippen molar-refractivity contribution < 1.29 is 27.9 Å². The molecule has 0 aliphatic rings. The first-order chi connectivity index (χ1) is 9.63. The Kier molecular flexibility index (Phi) is 5.45. The van der Waals surface area contributed by atoms with Gasteiger partial charge in [0.05, 0.1) is 16.6 Å². The molecule has 0 heterocycles. The van der Waals surface area contributed by atoms with Crippen molar-refractivity contribution in [1.29, 1.82) is 0 Å². The fraction of sp³-hybridized carbons (Fsp3) is 0.385. The third-order valence-electron chi connectivity index (χ3n) is 2.50. The van der Waals surface area contributed by atoms with Crippen molar-refractivity contribution in [3.05, 3.63) is 29.3 Å². The third kappa shape index (κ3) is 4.83. The molecular weight excluding hydrogens is 298 g/mol. The summed E-state index contributed by atoms with van der Waals surface area (Å²) in [6, 6.07) is 3.93.